The normalized spacial score (nSPS) is 11.0. The molecule has 2 aromatic heterocycles. The predicted octanol–water partition coefficient (Wildman–Crippen LogP) is 3.53. The van der Waals surface area contributed by atoms with Crippen LogP contribution in [0.15, 0.2) is 58.5 Å². The van der Waals surface area contributed by atoms with Crippen LogP contribution in [-0.4, -0.2) is 24.5 Å². The molecule has 0 spiro atoms. The summed E-state index contributed by atoms with van der Waals surface area (Å²) in [6.07, 6.45) is 0. The van der Waals surface area contributed by atoms with Gasteiger partial charge in [0, 0.05) is 12.2 Å². The van der Waals surface area contributed by atoms with E-state index in [1.54, 1.807) is 10.6 Å². The van der Waals surface area contributed by atoms with Crippen molar-refractivity contribution >= 4 is 40.2 Å². The third-order valence-electron chi connectivity index (χ3n) is 4.56. The molecule has 4 aromatic rings. The van der Waals surface area contributed by atoms with E-state index in [1.807, 2.05) is 56.3 Å². The average molecular weight is 420 g/mol. The van der Waals surface area contributed by atoms with Crippen LogP contribution in [0.25, 0.3) is 10.9 Å². The van der Waals surface area contributed by atoms with Crippen molar-refractivity contribution in [2.24, 2.45) is 0 Å². The third kappa shape index (κ3) is 4.11. The molecule has 0 fully saturated rings. The highest BCUT2D eigenvalue weighted by molar-refractivity contribution is 7.98. The van der Waals surface area contributed by atoms with Crippen molar-refractivity contribution in [3.63, 3.8) is 0 Å². The number of nitrogens with one attached hydrogen (secondary N) is 1. The summed E-state index contributed by atoms with van der Waals surface area (Å²) in [5, 5.41) is 4.41. The van der Waals surface area contributed by atoms with Crippen LogP contribution in [-0.2, 0) is 12.3 Å². The molecule has 0 bridgehead atoms. The van der Waals surface area contributed by atoms with E-state index < -0.39 is 0 Å². The highest BCUT2D eigenvalue weighted by atomic mass is 32.2. The van der Waals surface area contributed by atoms with Crippen molar-refractivity contribution in [1.82, 2.24) is 24.5 Å². The maximum absolute atomic E-state index is 12.8. The molecule has 0 aliphatic carbocycles. The molecule has 4 rings (SSSR count). The summed E-state index contributed by atoms with van der Waals surface area (Å²) in [7, 11) is 0. The van der Waals surface area contributed by atoms with E-state index in [4.69, 9.17) is 5.73 Å². The van der Waals surface area contributed by atoms with Crippen LogP contribution in [0.5, 0.6) is 0 Å². The van der Waals surface area contributed by atoms with Crippen LogP contribution in [0, 0.1) is 6.92 Å². The first-order valence-corrected chi connectivity index (χ1v) is 10.5. The Labute approximate surface area is 177 Å². The summed E-state index contributed by atoms with van der Waals surface area (Å²) >= 11 is 1.40. The third-order valence-corrected chi connectivity index (χ3v) is 5.54. The summed E-state index contributed by atoms with van der Waals surface area (Å²) in [6.45, 7) is 4.45. The number of aromatic nitrogens is 5. The van der Waals surface area contributed by atoms with Gasteiger partial charge in [0.25, 0.3) is 5.56 Å². The predicted molar refractivity (Wildman–Crippen MR) is 120 cm³/mol. The topological polar surface area (TPSA) is 112 Å². The van der Waals surface area contributed by atoms with Crippen LogP contribution in [0.1, 0.15) is 18.3 Å². The molecule has 152 valence electrons. The van der Waals surface area contributed by atoms with Gasteiger partial charge in [0.1, 0.15) is 5.82 Å². The molecule has 0 unspecified atom stereocenters. The van der Waals surface area contributed by atoms with E-state index in [9.17, 15) is 4.79 Å². The average Bonchev–Trinajstić information content (AvgIpc) is 2.74. The number of aryl methyl sites for hydroxylation is 1. The fourth-order valence-corrected chi connectivity index (χ4v) is 3.98. The number of anilines is 3. The fourth-order valence-electron chi connectivity index (χ4n) is 3.06. The van der Waals surface area contributed by atoms with Gasteiger partial charge in [-0.05, 0) is 37.6 Å². The van der Waals surface area contributed by atoms with Crippen LogP contribution < -0.4 is 16.6 Å². The lowest BCUT2D eigenvalue weighted by Crippen LogP contribution is -2.22. The monoisotopic (exact) mass is 419 g/mol. The second-order valence-electron chi connectivity index (χ2n) is 6.62. The van der Waals surface area contributed by atoms with Crippen LogP contribution in [0.2, 0.25) is 0 Å². The number of hydrogen-bond donors (Lipinski definition) is 2. The molecule has 3 N–H and O–H groups in total. The van der Waals surface area contributed by atoms with Crippen molar-refractivity contribution in [2.45, 2.75) is 31.3 Å². The molecule has 0 saturated carbocycles. The van der Waals surface area contributed by atoms with Gasteiger partial charge in [0.2, 0.25) is 11.9 Å². The molecule has 0 saturated heterocycles. The smallest absolute Gasteiger partial charge is 0.262 e. The summed E-state index contributed by atoms with van der Waals surface area (Å²) in [4.78, 5) is 30.3. The molecule has 0 atom stereocenters. The van der Waals surface area contributed by atoms with Crippen LogP contribution in [0.4, 0.5) is 17.6 Å². The fraction of sp³-hybridized carbons (Fsp3) is 0.190. The molecule has 0 aliphatic heterocycles. The number of benzene rings is 2. The van der Waals surface area contributed by atoms with E-state index in [1.165, 1.54) is 11.8 Å². The second-order valence-corrected chi connectivity index (χ2v) is 7.57. The van der Waals surface area contributed by atoms with Gasteiger partial charge in [0.15, 0.2) is 5.16 Å². The lowest BCUT2D eigenvalue weighted by Gasteiger charge is -2.12. The Balaban J connectivity index is 1.60. The zero-order valence-corrected chi connectivity index (χ0v) is 17.5. The molecule has 2 aromatic carbocycles. The van der Waals surface area contributed by atoms with Gasteiger partial charge in [-0.25, -0.2) is 4.98 Å². The minimum absolute atomic E-state index is 0.0531. The molecule has 0 aliphatic rings. The summed E-state index contributed by atoms with van der Waals surface area (Å²) < 4.78 is 1.66. The number of nitrogens with zero attached hydrogens (tertiary/aromatic N) is 5. The van der Waals surface area contributed by atoms with E-state index >= 15 is 0 Å². The van der Waals surface area contributed by atoms with E-state index in [-0.39, 0.29) is 11.5 Å². The zero-order valence-electron chi connectivity index (χ0n) is 16.7. The molecule has 0 radical (unpaired) electrons. The molecule has 2 heterocycles. The Hall–Kier alpha value is -3.46. The van der Waals surface area contributed by atoms with Crippen LogP contribution in [0.3, 0.4) is 0 Å². The van der Waals surface area contributed by atoms with E-state index in [0.717, 1.165) is 11.3 Å². The Bertz CT molecular complexity index is 1270. The first kappa shape index (κ1) is 19.8. The number of thioether (sulfide) groups is 1. The summed E-state index contributed by atoms with van der Waals surface area (Å²) in [5.41, 5.74) is 8.48. The molecule has 0 amide bonds. The van der Waals surface area contributed by atoms with Crippen molar-refractivity contribution < 1.29 is 0 Å². The first-order chi connectivity index (χ1) is 14.5. The standard InChI is InChI=1S/C21H21N7OS/c1-3-28-18(29)14-9-5-7-11-16(14)24-21(28)30-12-17-25-19(22)27-20(26-17)23-15-10-6-4-8-13(15)2/h4-11H,3,12H2,1-2H3,(H3,22,23,25,26,27). The highest BCUT2D eigenvalue weighted by Gasteiger charge is 2.12. The number of nitrogen functional groups attached to an aromatic ring is 1. The van der Waals surface area contributed by atoms with Gasteiger partial charge in [-0.2, -0.15) is 15.0 Å². The minimum Gasteiger partial charge on any atom is -0.368 e. The van der Waals surface area contributed by atoms with Gasteiger partial charge < -0.3 is 11.1 Å². The number of rotatable bonds is 6. The molecule has 8 nitrogen and oxygen atoms in total. The van der Waals surface area contributed by atoms with Crippen molar-refractivity contribution in [1.29, 1.82) is 0 Å². The molecular weight excluding hydrogens is 398 g/mol. The molecular formula is C21H21N7OS. The van der Waals surface area contributed by atoms with Gasteiger partial charge >= 0.3 is 0 Å². The number of para-hydroxylation sites is 2. The summed E-state index contributed by atoms with van der Waals surface area (Å²) in [6, 6.07) is 15.2. The van der Waals surface area contributed by atoms with Crippen molar-refractivity contribution in [3.05, 3.63) is 70.3 Å². The molecule has 30 heavy (non-hydrogen) atoms. The number of fused-ring (bicyclic) bond motifs is 1. The van der Waals surface area contributed by atoms with E-state index in [0.29, 0.717) is 40.1 Å². The Kier molecular flexibility index (Phi) is 5.62. The Morgan fingerprint density at radius 3 is 2.60 bits per heavy atom. The SMILES string of the molecule is CCn1c(SCc2nc(N)nc(Nc3ccccc3C)n2)nc2ccccc2c1=O. The number of nitrogens with two attached hydrogens (primary N) is 1. The van der Waals surface area contributed by atoms with Gasteiger partial charge in [-0.15, -0.1) is 0 Å². The summed E-state index contributed by atoms with van der Waals surface area (Å²) in [5.74, 6) is 1.43. The zero-order chi connectivity index (χ0) is 21.1. The molecule has 9 heteroatoms. The second kappa shape index (κ2) is 8.50. The van der Waals surface area contributed by atoms with Gasteiger partial charge in [-0.3, -0.25) is 9.36 Å². The maximum atomic E-state index is 12.8. The lowest BCUT2D eigenvalue weighted by atomic mass is 10.2. The van der Waals surface area contributed by atoms with Gasteiger partial charge in [0.05, 0.1) is 16.7 Å². The highest BCUT2D eigenvalue weighted by Crippen LogP contribution is 2.23. The Morgan fingerprint density at radius 1 is 1.03 bits per heavy atom. The Morgan fingerprint density at radius 2 is 1.80 bits per heavy atom. The quantitative estimate of drug-likeness (QED) is 0.361. The minimum atomic E-state index is -0.0531. The first-order valence-electron chi connectivity index (χ1n) is 9.50. The number of hydrogen-bond acceptors (Lipinski definition) is 8. The van der Waals surface area contributed by atoms with Crippen LogP contribution >= 0.6 is 11.8 Å². The van der Waals surface area contributed by atoms with Crippen molar-refractivity contribution in [3.8, 4) is 0 Å². The lowest BCUT2D eigenvalue weighted by molar-refractivity contribution is 0.634. The van der Waals surface area contributed by atoms with Crippen molar-refractivity contribution in [2.75, 3.05) is 11.1 Å². The van der Waals surface area contributed by atoms with E-state index in [2.05, 4.69) is 25.3 Å². The maximum Gasteiger partial charge on any atom is 0.262 e. The van der Waals surface area contributed by atoms with Gasteiger partial charge in [-0.1, -0.05) is 42.1 Å². The largest absolute Gasteiger partial charge is 0.368 e.